The number of anilines is 1. The second-order valence-corrected chi connectivity index (χ2v) is 10.7. The second kappa shape index (κ2) is 10.8. The summed E-state index contributed by atoms with van der Waals surface area (Å²) in [5.41, 5.74) is 2.99. The van der Waals surface area contributed by atoms with Gasteiger partial charge in [-0.15, -0.1) is 0 Å². The molecule has 0 saturated carbocycles. The predicted octanol–water partition coefficient (Wildman–Crippen LogP) is 5.35. The molecule has 0 radical (unpaired) electrons. The number of nitrogens with one attached hydrogen (secondary N) is 1. The molecule has 0 aliphatic heterocycles. The summed E-state index contributed by atoms with van der Waals surface area (Å²) < 4.78 is 68.2. The van der Waals surface area contributed by atoms with E-state index in [2.05, 4.69) is 33.1 Å². The minimum Gasteiger partial charge on any atom is -0.271 e. The molecule has 0 aliphatic rings. The fourth-order valence-corrected chi connectivity index (χ4v) is 5.04. The van der Waals surface area contributed by atoms with Gasteiger partial charge >= 0.3 is 6.18 Å². The second-order valence-electron chi connectivity index (χ2n) is 7.62. The van der Waals surface area contributed by atoms with Crippen molar-refractivity contribution >= 4 is 49.9 Å². The maximum atomic E-state index is 13.4. The number of rotatable bonds is 7. The Bertz CT molecular complexity index is 1360. The fraction of sp³-hybridized carbons (Fsp3) is 0.167. The third-order valence-corrected chi connectivity index (χ3v) is 7.41. The number of alkyl halides is 3. The van der Waals surface area contributed by atoms with Gasteiger partial charge in [-0.05, 0) is 84.5 Å². The Balaban J connectivity index is 1.95. The summed E-state index contributed by atoms with van der Waals surface area (Å²) >= 11 is 2.13. The van der Waals surface area contributed by atoms with Crippen LogP contribution in [0.4, 0.5) is 18.9 Å². The Labute approximate surface area is 215 Å². The highest BCUT2D eigenvalue weighted by molar-refractivity contribution is 14.1. The first kappa shape index (κ1) is 26.7. The minimum atomic E-state index is -4.69. The average Bonchev–Trinajstić information content (AvgIpc) is 2.80. The van der Waals surface area contributed by atoms with Crippen molar-refractivity contribution in [1.82, 2.24) is 5.43 Å². The smallest absolute Gasteiger partial charge is 0.271 e. The molecule has 1 N–H and O–H groups in total. The topological polar surface area (TPSA) is 78.8 Å². The number of halogens is 4. The molecule has 0 aliphatic carbocycles. The van der Waals surface area contributed by atoms with E-state index in [-0.39, 0.29) is 10.6 Å². The van der Waals surface area contributed by atoms with E-state index in [1.807, 2.05) is 18.2 Å². The lowest BCUT2D eigenvalue weighted by Gasteiger charge is -2.24. The third kappa shape index (κ3) is 6.82. The van der Waals surface area contributed by atoms with Crippen molar-refractivity contribution in [1.29, 1.82) is 0 Å². The Morgan fingerprint density at radius 1 is 1.03 bits per heavy atom. The van der Waals surface area contributed by atoms with Crippen LogP contribution in [0.15, 0.2) is 82.8 Å². The molecule has 3 aromatic carbocycles. The van der Waals surface area contributed by atoms with Crippen molar-refractivity contribution in [2.75, 3.05) is 10.8 Å². The zero-order valence-electron chi connectivity index (χ0n) is 18.7. The molecule has 0 saturated heterocycles. The molecule has 0 unspecified atom stereocenters. The highest BCUT2D eigenvalue weighted by atomic mass is 127. The molecule has 184 valence electrons. The van der Waals surface area contributed by atoms with Gasteiger partial charge in [0.2, 0.25) is 0 Å². The highest BCUT2D eigenvalue weighted by Gasteiger charge is 2.33. The van der Waals surface area contributed by atoms with E-state index in [1.54, 1.807) is 32.0 Å². The molecule has 0 atom stereocenters. The molecule has 0 aromatic heterocycles. The maximum Gasteiger partial charge on any atom is 0.416 e. The summed E-state index contributed by atoms with van der Waals surface area (Å²) in [6, 6.07) is 17.0. The Morgan fingerprint density at radius 2 is 1.69 bits per heavy atom. The van der Waals surface area contributed by atoms with E-state index in [4.69, 9.17) is 0 Å². The molecule has 35 heavy (non-hydrogen) atoms. The Morgan fingerprint density at radius 3 is 2.31 bits per heavy atom. The van der Waals surface area contributed by atoms with E-state index in [0.717, 1.165) is 26.8 Å². The van der Waals surface area contributed by atoms with Crippen LogP contribution in [0.5, 0.6) is 0 Å². The fourth-order valence-electron chi connectivity index (χ4n) is 3.08. The normalized spacial score (nSPS) is 12.3. The van der Waals surface area contributed by atoms with Gasteiger partial charge in [0.05, 0.1) is 21.9 Å². The molecular weight excluding hydrogens is 594 g/mol. The van der Waals surface area contributed by atoms with E-state index >= 15 is 0 Å². The van der Waals surface area contributed by atoms with Crippen molar-refractivity contribution in [2.24, 2.45) is 5.10 Å². The number of benzene rings is 3. The summed E-state index contributed by atoms with van der Waals surface area (Å²) in [5, 5.41) is 4.02. The summed E-state index contributed by atoms with van der Waals surface area (Å²) in [4.78, 5) is 12.5. The van der Waals surface area contributed by atoms with Crippen LogP contribution in [0.25, 0.3) is 0 Å². The monoisotopic (exact) mass is 615 g/mol. The Kier molecular flexibility index (Phi) is 8.21. The number of hydrogen-bond acceptors (Lipinski definition) is 4. The lowest BCUT2D eigenvalue weighted by atomic mass is 10.1. The standard InChI is InChI=1S/C24H21F3IN3O3S/c1-16-9-11-22(12-10-16)35(33,34)31(21-8-4-6-19(14-21)24(25,26)27)15-23(32)30-29-17(2)18-5-3-7-20(28)13-18/h3-14H,15H2,1-2H3,(H,30,32)/b29-17-. The zero-order chi connectivity index (χ0) is 25.8. The van der Waals surface area contributed by atoms with Gasteiger partial charge in [-0.3, -0.25) is 9.10 Å². The molecule has 0 bridgehead atoms. The van der Waals surface area contributed by atoms with Crippen LogP contribution in [0.3, 0.4) is 0 Å². The van der Waals surface area contributed by atoms with E-state index in [0.29, 0.717) is 16.1 Å². The molecule has 3 rings (SSSR count). The quantitative estimate of drug-likeness (QED) is 0.221. The number of carbonyl (C=O) groups excluding carboxylic acids is 1. The number of carbonyl (C=O) groups is 1. The van der Waals surface area contributed by atoms with Gasteiger partial charge in [0, 0.05) is 3.57 Å². The number of nitrogens with zero attached hydrogens (tertiary/aromatic N) is 2. The van der Waals surface area contributed by atoms with Crippen molar-refractivity contribution in [3.63, 3.8) is 0 Å². The first-order valence-corrected chi connectivity index (χ1v) is 12.8. The van der Waals surface area contributed by atoms with Crippen molar-refractivity contribution in [3.05, 3.63) is 93.1 Å². The lowest BCUT2D eigenvalue weighted by molar-refractivity contribution is -0.137. The van der Waals surface area contributed by atoms with Gasteiger partial charge in [-0.25, -0.2) is 13.8 Å². The molecule has 0 heterocycles. The largest absolute Gasteiger partial charge is 0.416 e. The number of sulfonamides is 1. The molecule has 11 heteroatoms. The highest BCUT2D eigenvalue weighted by Crippen LogP contribution is 2.33. The predicted molar refractivity (Wildman–Crippen MR) is 137 cm³/mol. The van der Waals surface area contributed by atoms with Crippen LogP contribution >= 0.6 is 22.6 Å². The summed E-state index contributed by atoms with van der Waals surface area (Å²) in [6.07, 6.45) is -4.69. The molecule has 0 fully saturated rings. The SMILES string of the molecule is C/C(=N/NC(=O)CN(c1cccc(C(F)(F)F)c1)S(=O)(=O)c1ccc(C)cc1)c1cccc(I)c1. The van der Waals surface area contributed by atoms with Crippen molar-refractivity contribution < 1.29 is 26.4 Å². The van der Waals surface area contributed by atoms with Crippen LogP contribution in [-0.4, -0.2) is 26.6 Å². The van der Waals surface area contributed by atoms with Crippen LogP contribution in [-0.2, 0) is 21.0 Å². The van der Waals surface area contributed by atoms with Gasteiger partial charge in [0.15, 0.2) is 0 Å². The maximum absolute atomic E-state index is 13.4. The van der Waals surface area contributed by atoms with Crippen LogP contribution in [0.2, 0.25) is 0 Å². The number of aryl methyl sites for hydroxylation is 1. The summed E-state index contributed by atoms with van der Waals surface area (Å²) in [5.74, 6) is -0.817. The first-order chi connectivity index (χ1) is 16.4. The first-order valence-electron chi connectivity index (χ1n) is 10.2. The van der Waals surface area contributed by atoms with Crippen molar-refractivity contribution in [2.45, 2.75) is 24.9 Å². The zero-order valence-corrected chi connectivity index (χ0v) is 21.6. The molecule has 6 nitrogen and oxygen atoms in total. The molecule has 1 amide bonds. The number of amides is 1. The summed E-state index contributed by atoms with van der Waals surface area (Å²) in [6.45, 7) is 2.66. The van der Waals surface area contributed by atoms with Gasteiger partial charge < -0.3 is 0 Å². The van der Waals surface area contributed by atoms with Crippen LogP contribution < -0.4 is 9.73 Å². The van der Waals surface area contributed by atoms with Gasteiger partial charge in [-0.1, -0.05) is 35.9 Å². The van der Waals surface area contributed by atoms with Gasteiger partial charge in [0.1, 0.15) is 6.54 Å². The van der Waals surface area contributed by atoms with Gasteiger partial charge in [-0.2, -0.15) is 18.3 Å². The van der Waals surface area contributed by atoms with Crippen LogP contribution in [0.1, 0.15) is 23.6 Å². The molecule has 0 spiro atoms. The van der Waals surface area contributed by atoms with E-state index in [1.165, 1.54) is 18.2 Å². The van der Waals surface area contributed by atoms with E-state index < -0.39 is 34.2 Å². The Hall–Kier alpha value is -2.93. The molecular formula is C24H21F3IN3O3S. The third-order valence-electron chi connectivity index (χ3n) is 4.95. The lowest BCUT2D eigenvalue weighted by Crippen LogP contribution is -2.40. The number of hydrazone groups is 1. The average molecular weight is 615 g/mol. The van der Waals surface area contributed by atoms with Crippen molar-refractivity contribution in [3.8, 4) is 0 Å². The number of hydrogen-bond donors (Lipinski definition) is 1. The summed E-state index contributed by atoms with van der Waals surface area (Å²) in [7, 11) is -4.37. The minimum absolute atomic E-state index is 0.160. The molecule has 3 aromatic rings. The van der Waals surface area contributed by atoms with E-state index in [9.17, 15) is 26.4 Å². The van der Waals surface area contributed by atoms with Crippen LogP contribution in [0, 0.1) is 10.5 Å². The van der Waals surface area contributed by atoms with Gasteiger partial charge in [0.25, 0.3) is 15.9 Å².